The van der Waals surface area contributed by atoms with Gasteiger partial charge in [-0.15, -0.1) is 17.0 Å². The Hall–Kier alpha value is -1.27. The van der Waals surface area contributed by atoms with E-state index in [1.807, 2.05) is 23.5 Å². The van der Waals surface area contributed by atoms with Crippen molar-refractivity contribution in [3.8, 4) is 5.75 Å². The number of phenolic OH excluding ortho intramolecular Hbond substituents is 1. The van der Waals surface area contributed by atoms with Gasteiger partial charge in [0.05, 0.1) is 20.6 Å². The second kappa shape index (κ2) is 8.77. The molecule has 0 aromatic heterocycles. The highest BCUT2D eigenvalue weighted by Gasteiger charge is 2.15. The molecule has 0 aliphatic carbocycles. The number of carboxylic acid groups (broad SMARTS) is 1. The van der Waals surface area contributed by atoms with Crippen LogP contribution in [-0.4, -0.2) is 38.9 Å². The minimum Gasteiger partial charge on any atom is -0.530 e. The smallest absolute Gasteiger partial charge is 0.136 e. The first-order valence-corrected chi connectivity index (χ1v) is 5.34. The van der Waals surface area contributed by atoms with Crippen LogP contribution >= 0.6 is 17.0 Å². The summed E-state index contributed by atoms with van der Waals surface area (Å²) >= 11 is 0. The Labute approximate surface area is 118 Å². The SMILES string of the molecule is Br.CC[N+](C)(C)c1cccc(O)c1.CNC(=O)[O-]. The molecular formula is C12H21BrN2O3. The third-order valence-corrected chi connectivity index (χ3v) is 2.52. The quantitative estimate of drug-likeness (QED) is 0.802. The third-order valence-electron chi connectivity index (χ3n) is 2.52. The molecule has 0 aliphatic heterocycles. The zero-order valence-electron chi connectivity index (χ0n) is 11.1. The average Bonchev–Trinajstić information content (AvgIpc) is 2.30. The predicted octanol–water partition coefficient (Wildman–Crippen LogP) is 1.11. The van der Waals surface area contributed by atoms with Gasteiger partial charge in [0.25, 0.3) is 0 Å². The van der Waals surface area contributed by atoms with Gasteiger partial charge in [-0.3, -0.25) is 4.48 Å². The summed E-state index contributed by atoms with van der Waals surface area (Å²) in [6, 6.07) is 7.41. The molecule has 2 N–H and O–H groups in total. The first kappa shape index (κ1) is 19.1. The van der Waals surface area contributed by atoms with Crippen molar-refractivity contribution in [2.45, 2.75) is 6.92 Å². The summed E-state index contributed by atoms with van der Waals surface area (Å²) in [4.78, 5) is 9.15. The number of hydrogen-bond donors (Lipinski definition) is 2. The van der Waals surface area contributed by atoms with Gasteiger partial charge in [0.15, 0.2) is 0 Å². The molecule has 0 saturated heterocycles. The molecule has 0 unspecified atom stereocenters. The van der Waals surface area contributed by atoms with Crippen LogP contribution in [0.5, 0.6) is 5.75 Å². The monoisotopic (exact) mass is 320 g/mol. The molecule has 0 fully saturated rings. The molecule has 1 rings (SSSR count). The van der Waals surface area contributed by atoms with Crippen molar-refractivity contribution in [3.63, 3.8) is 0 Å². The fourth-order valence-electron chi connectivity index (χ4n) is 1.05. The van der Waals surface area contributed by atoms with Crippen molar-refractivity contribution >= 4 is 28.8 Å². The summed E-state index contributed by atoms with van der Waals surface area (Å²) in [5, 5.41) is 20.2. The van der Waals surface area contributed by atoms with Crippen LogP contribution in [0.3, 0.4) is 0 Å². The van der Waals surface area contributed by atoms with Crippen molar-refractivity contribution in [3.05, 3.63) is 24.3 Å². The zero-order valence-corrected chi connectivity index (χ0v) is 12.8. The Morgan fingerprint density at radius 2 is 1.94 bits per heavy atom. The van der Waals surface area contributed by atoms with E-state index in [4.69, 9.17) is 9.90 Å². The number of carbonyl (C=O) groups is 1. The molecule has 0 radical (unpaired) electrons. The molecule has 1 aromatic rings. The standard InChI is InChI=1S/C10H15NO.C2H5NO2.BrH/c1-4-11(2,3)9-6-5-7-10(12)8-9;1-3-2(4)5;/h5-8H,4H2,1-3H3;3H,1H3,(H,4,5);1H. The van der Waals surface area contributed by atoms with E-state index in [0.717, 1.165) is 16.7 Å². The van der Waals surface area contributed by atoms with Crippen molar-refractivity contribution < 1.29 is 15.0 Å². The summed E-state index contributed by atoms with van der Waals surface area (Å²) in [7, 11) is 5.53. The van der Waals surface area contributed by atoms with Crippen LogP contribution in [0.1, 0.15) is 6.92 Å². The maximum Gasteiger partial charge on any atom is 0.136 e. The minimum atomic E-state index is -1.25. The van der Waals surface area contributed by atoms with Crippen LogP contribution < -0.4 is 14.9 Å². The lowest BCUT2D eigenvalue weighted by molar-refractivity contribution is -0.250. The second-order valence-corrected chi connectivity index (χ2v) is 4.06. The van der Waals surface area contributed by atoms with Gasteiger partial charge >= 0.3 is 0 Å². The summed E-state index contributed by atoms with van der Waals surface area (Å²) in [5.41, 5.74) is 1.14. The van der Waals surface area contributed by atoms with Gasteiger partial charge in [-0.05, 0) is 19.1 Å². The van der Waals surface area contributed by atoms with Crippen LogP contribution in [0.25, 0.3) is 0 Å². The molecule has 6 heteroatoms. The van der Waals surface area contributed by atoms with Gasteiger partial charge in [0, 0.05) is 13.1 Å². The number of rotatable bonds is 2. The van der Waals surface area contributed by atoms with E-state index in [1.165, 1.54) is 7.05 Å². The molecule has 0 heterocycles. The van der Waals surface area contributed by atoms with E-state index >= 15 is 0 Å². The topological polar surface area (TPSA) is 72.4 Å². The molecule has 18 heavy (non-hydrogen) atoms. The molecule has 0 saturated carbocycles. The average molecular weight is 321 g/mol. The highest BCUT2D eigenvalue weighted by Crippen LogP contribution is 2.22. The number of nitrogens with one attached hydrogen (secondary N) is 1. The van der Waals surface area contributed by atoms with E-state index in [2.05, 4.69) is 21.0 Å². The largest absolute Gasteiger partial charge is 0.530 e. The predicted molar refractivity (Wildman–Crippen MR) is 77.1 cm³/mol. The molecule has 0 spiro atoms. The number of aromatic hydroxyl groups is 1. The highest BCUT2D eigenvalue weighted by molar-refractivity contribution is 8.93. The number of benzene rings is 1. The molecule has 104 valence electrons. The number of quaternary nitrogens is 1. The van der Waals surface area contributed by atoms with E-state index in [0.29, 0.717) is 5.75 Å². The van der Waals surface area contributed by atoms with Gasteiger partial charge in [-0.25, -0.2) is 0 Å². The Morgan fingerprint density at radius 1 is 1.44 bits per heavy atom. The summed E-state index contributed by atoms with van der Waals surface area (Å²) in [5.74, 6) is 0.340. The molecule has 0 atom stereocenters. The van der Waals surface area contributed by atoms with Crippen molar-refractivity contribution in [1.82, 2.24) is 9.80 Å². The van der Waals surface area contributed by atoms with E-state index < -0.39 is 6.09 Å². The lowest BCUT2D eigenvalue weighted by Crippen LogP contribution is -2.39. The van der Waals surface area contributed by atoms with E-state index in [-0.39, 0.29) is 17.0 Å². The Bertz CT molecular complexity index is 370. The fraction of sp³-hybridized carbons (Fsp3) is 0.417. The first-order valence-electron chi connectivity index (χ1n) is 5.34. The third kappa shape index (κ3) is 7.13. The Morgan fingerprint density at radius 3 is 2.28 bits per heavy atom. The van der Waals surface area contributed by atoms with Crippen LogP contribution in [0.4, 0.5) is 10.5 Å². The number of amides is 1. The van der Waals surface area contributed by atoms with Gasteiger partial charge < -0.3 is 20.3 Å². The van der Waals surface area contributed by atoms with Crippen molar-refractivity contribution in [2.75, 3.05) is 27.7 Å². The molecule has 5 nitrogen and oxygen atoms in total. The molecule has 0 bridgehead atoms. The summed E-state index contributed by atoms with van der Waals surface area (Å²) in [6.07, 6.45) is -1.25. The summed E-state index contributed by atoms with van der Waals surface area (Å²) < 4.78 is 0.800. The van der Waals surface area contributed by atoms with Crippen LogP contribution in [0.15, 0.2) is 24.3 Å². The van der Waals surface area contributed by atoms with E-state index in [1.54, 1.807) is 6.07 Å². The summed E-state index contributed by atoms with van der Waals surface area (Å²) in [6.45, 7) is 3.15. The van der Waals surface area contributed by atoms with E-state index in [9.17, 15) is 5.11 Å². The lowest BCUT2D eigenvalue weighted by Gasteiger charge is -2.27. The first-order chi connectivity index (χ1) is 7.83. The maximum absolute atomic E-state index is 9.26. The lowest BCUT2D eigenvalue weighted by atomic mass is 10.2. The van der Waals surface area contributed by atoms with Crippen molar-refractivity contribution in [2.24, 2.45) is 0 Å². The van der Waals surface area contributed by atoms with Gasteiger partial charge in [0.1, 0.15) is 17.5 Å². The zero-order chi connectivity index (χ0) is 13.5. The minimum absolute atomic E-state index is 0. The number of phenols is 1. The van der Waals surface area contributed by atoms with Gasteiger partial charge in [-0.1, -0.05) is 6.07 Å². The van der Waals surface area contributed by atoms with Crippen LogP contribution in [-0.2, 0) is 0 Å². The number of carbonyl (C=O) groups excluding carboxylic acids is 1. The molecule has 1 amide bonds. The van der Waals surface area contributed by atoms with Gasteiger partial charge in [0.2, 0.25) is 0 Å². The van der Waals surface area contributed by atoms with Crippen molar-refractivity contribution in [1.29, 1.82) is 0 Å². The number of halogens is 1. The van der Waals surface area contributed by atoms with Crippen LogP contribution in [0, 0.1) is 0 Å². The normalized spacial score (nSPS) is 9.56. The Kier molecular flexibility index (Phi) is 9.29. The number of hydrogen-bond acceptors (Lipinski definition) is 3. The van der Waals surface area contributed by atoms with Crippen LogP contribution in [0.2, 0.25) is 0 Å². The number of nitrogens with zero attached hydrogens (tertiary/aromatic N) is 1. The Balaban J connectivity index is 0. The molecular weight excluding hydrogens is 300 g/mol. The maximum atomic E-state index is 9.26. The van der Waals surface area contributed by atoms with Gasteiger partial charge in [-0.2, -0.15) is 0 Å². The molecule has 0 aliphatic rings. The molecule has 1 aromatic carbocycles. The second-order valence-electron chi connectivity index (χ2n) is 4.06. The fourth-order valence-corrected chi connectivity index (χ4v) is 1.05. The highest BCUT2D eigenvalue weighted by atomic mass is 79.9.